The summed E-state index contributed by atoms with van der Waals surface area (Å²) >= 11 is 0. The molecule has 1 heterocycles. The zero-order valence-electron chi connectivity index (χ0n) is 18.1. The van der Waals surface area contributed by atoms with Crippen molar-refractivity contribution in [3.63, 3.8) is 0 Å². The van der Waals surface area contributed by atoms with E-state index in [2.05, 4.69) is 91.9 Å². The van der Waals surface area contributed by atoms with E-state index in [0.717, 1.165) is 52.4 Å². The molecule has 0 spiro atoms. The van der Waals surface area contributed by atoms with Crippen LogP contribution < -0.4 is 4.74 Å². The molecule has 0 saturated carbocycles. The Morgan fingerprint density at radius 1 is 0.581 bits per heavy atom. The van der Waals surface area contributed by atoms with Crippen LogP contribution in [0.15, 0.2) is 97.1 Å². The van der Waals surface area contributed by atoms with Gasteiger partial charge in [-0.25, -0.2) is 4.98 Å². The second-order valence-corrected chi connectivity index (χ2v) is 7.79. The summed E-state index contributed by atoms with van der Waals surface area (Å²) < 4.78 is 5.92. The van der Waals surface area contributed by atoms with Gasteiger partial charge in [0.2, 0.25) is 0 Å². The molecule has 4 rings (SSSR count). The van der Waals surface area contributed by atoms with Crippen molar-refractivity contribution in [3.8, 4) is 39.4 Å². The minimum atomic E-state index is 0.783. The molecule has 1 aromatic heterocycles. The number of rotatable bonds is 9. The fourth-order valence-electron chi connectivity index (χ4n) is 3.67. The molecule has 0 saturated heterocycles. The van der Waals surface area contributed by atoms with E-state index < -0.39 is 0 Å². The van der Waals surface area contributed by atoms with Crippen LogP contribution in [0.5, 0.6) is 5.75 Å². The fourth-order valence-corrected chi connectivity index (χ4v) is 3.67. The summed E-state index contributed by atoms with van der Waals surface area (Å²) in [7, 11) is 0. The first kappa shape index (κ1) is 20.9. The number of benzene rings is 3. The molecule has 0 aliphatic carbocycles. The van der Waals surface area contributed by atoms with E-state index in [-0.39, 0.29) is 0 Å². The predicted octanol–water partition coefficient (Wildman–Crippen LogP) is 8.04. The average Bonchev–Trinajstić information content (AvgIpc) is 2.85. The van der Waals surface area contributed by atoms with E-state index in [9.17, 15) is 0 Å². The SMILES string of the molecule is CCCCCCOc1ccc(-c2cc(-c3ccccc3)nc(-c3ccccc3)c2)cc1. The Hall–Kier alpha value is -3.39. The van der Waals surface area contributed by atoms with Crippen LogP contribution in [0.3, 0.4) is 0 Å². The third kappa shape index (κ3) is 5.61. The van der Waals surface area contributed by atoms with E-state index in [4.69, 9.17) is 9.72 Å². The molecular formula is C29H29NO. The van der Waals surface area contributed by atoms with Crippen LogP contribution in [-0.4, -0.2) is 11.6 Å². The van der Waals surface area contributed by atoms with E-state index in [1.807, 2.05) is 12.1 Å². The standard InChI is InChI=1S/C29H29NO/c1-2-3-4-11-20-31-27-18-16-23(17-19-27)26-21-28(24-12-7-5-8-13-24)30-29(22-26)25-14-9-6-10-15-25/h5-10,12-19,21-22H,2-4,11,20H2,1H3. The van der Waals surface area contributed by atoms with Gasteiger partial charge in [-0.05, 0) is 41.8 Å². The van der Waals surface area contributed by atoms with Crippen LogP contribution in [0, 0.1) is 0 Å². The van der Waals surface area contributed by atoms with Gasteiger partial charge in [0, 0.05) is 11.1 Å². The van der Waals surface area contributed by atoms with Crippen molar-refractivity contribution in [3.05, 3.63) is 97.1 Å². The quantitative estimate of drug-likeness (QED) is 0.262. The molecule has 156 valence electrons. The lowest BCUT2D eigenvalue weighted by molar-refractivity contribution is 0.305. The van der Waals surface area contributed by atoms with Gasteiger partial charge < -0.3 is 4.74 Å². The molecule has 0 aliphatic rings. The van der Waals surface area contributed by atoms with E-state index in [0.29, 0.717) is 0 Å². The molecule has 0 aliphatic heterocycles. The maximum absolute atomic E-state index is 5.92. The summed E-state index contributed by atoms with van der Waals surface area (Å²) in [5, 5.41) is 0. The molecule has 0 radical (unpaired) electrons. The first-order valence-electron chi connectivity index (χ1n) is 11.2. The average molecular weight is 408 g/mol. The maximum Gasteiger partial charge on any atom is 0.119 e. The highest BCUT2D eigenvalue weighted by Gasteiger charge is 2.09. The minimum absolute atomic E-state index is 0.783. The van der Waals surface area contributed by atoms with Gasteiger partial charge in [-0.15, -0.1) is 0 Å². The Labute approximate surface area is 185 Å². The normalized spacial score (nSPS) is 10.7. The van der Waals surface area contributed by atoms with Crippen molar-refractivity contribution >= 4 is 0 Å². The Morgan fingerprint density at radius 3 is 1.71 bits per heavy atom. The molecule has 2 heteroatoms. The topological polar surface area (TPSA) is 22.1 Å². The summed E-state index contributed by atoms with van der Waals surface area (Å²) in [6, 6.07) is 33.5. The Morgan fingerprint density at radius 2 is 1.16 bits per heavy atom. The van der Waals surface area contributed by atoms with Crippen molar-refractivity contribution < 1.29 is 4.74 Å². The van der Waals surface area contributed by atoms with Crippen LogP contribution >= 0.6 is 0 Å². The van der Waals surface area contributed by atoms with Gasteiger partial charge in [0.05, 0.1) is 18.0 Å². The van der Waals surface area contributed by atoms with Gasteiger partial charge in [-0.2, -0.15) is 0 Å². The number of hydrogen-bond acceptors (Lipinski definition) is 2. The number of pyridine rings is 1. The molecule has 2 nitrogen and oxygen atoms in total. The van der Waals surface area contributed by atoms with Crippen molar-refractivity contribution in [2.45, 2.75) is 32.6 Å². The van der Waals surface area contributed by atoms with Crippen LogP contribution in [0.2, 0.25) is 0 Å². The smallest absolute Gasteiger partial charge is 0.119 e. The second kappa shape index (κ2) is 10.6. The van der Waals surface area contributed by atoms with Gasteiger partial charge in [0.25, 0.3) is 0 Å². The number of aromatic nitrogens is 1. The number of ether oxygens (including phenoxy) is 1. The van der Waals surface area contributed by atoms with Gasteiger partial charge in [-0.1, -0.05) is 99.0 Å². The summed E-state index contributed by atoms with van der Waals surface area (Å²) in [4.78, 5) is 4.96. The highest BCUT2D eigenvalue weighted by molar-refractivity contribution is 5.76. The minimum Gasteiger partial charge on any atom is -0.494 e. The van der Waals surface area contributed by atoms with Crippen LogP contribution in [-0.2, 0) is 0 Å². The molecule has 3 aromatic carbocycles. The predicted molar refractivity (Wildman–Crippen MR) is 130 cm³/mol. The van der Waals surface area contributed by atoms with Crippen LogP contribution in [0.1, 0.15) is 32.6 Å². The lowest BCUT2D eigenvalue weighted by Gasteiger charge is -2.11. The van der Waals surface area contributed by atoms with Crippen molar-refractivity contribution in [2.24, 2.45) is 0 Å². The highest BCUT2D eigenvalue weighted by atomic mass is 16.5. The Bertz CT molecular complexity index is 1020. The van der Waals surface area contributed by atoms with Crippen LogP contribution in [0.25, 0.3) is 33.6 Å². The van der Waals surface area contributed by atoms with E-state index >= 15 is 0 Å². The molecule has 0 unspecified atom stereocenters. The highest BCUT2D eigenvalue weighted by Crippen LogP contribution is 2.31. The third-order valence-corrected chi connectivity index (χ3v) is 5.42. The first-order chi connectivity index (χ1) is 15.3. The molecule has 0 N–H and O–H groups in total. The molecule has 0 atom stereocenters. The number of hydrogen-bond donors (Lipinski definition) is 0. The number of nitrogens with zero attached hydrogens (tertiary/aromatic N) is 1. The van der Waals surface area contributed by atoms with Crippen LogP contribution in [0.4, 0.5) is 0 Å². The van der Waals surface area contributed by atoms with Crippen molar-refractivity contribution in [1.29, 1.82) is 0 Å². The largest absolute Gasteiger partial charge is 0.494 e. The Kier molecular flexibility index (Phi) is 7.12. The second-order valence-electron chi connectivity index (χ2n) is 7.79. The molecular weight excluding hydrogens is 378 g/mol. The van der Waals surface area contributed by atoms with E-state index in [1.165, 1.54) is 19.3 Å². The van der Waals surface area contributed by atoms with Crippen molar-refractivity contribution in [2.75, 3.05) is 6.61 Å². The molecule has 4 aromatic rings. The zero-order valence-corrected chi connectivity index (χ0v) is 18.1. The summed E-state index contributed by atoms with van der Waals surface area (Å²) in [5.74, 6) is 0.931. The lowest BCUT2D eigenvalue weighted by atomic mass is 10.00. The lowest BCUT2D eigenvalue weighted by Crippen LogP contribution is -1.97. The van der Waals surface area contributed by atoms with E-state index in [1.54, 1.807) is 0 Å². The molecule has 31 heavy (non-hydrogen) atoms. The maximum atomic E-state index is 5.92. The molecule has 0 amide bonds. The number of unbranched alkanes of at least 4 members (excludes halogenated alkanes) is 3. The monoisotopic (exact) mass is 407 g/mol. The first-order valence-corrected chi connectivity index (χ1v) is 11.2. The molecule has 0 bridgehead atoms. The third-order valence-electron chi connectivity index (χ3n) is 5.42. The zero-order chi connectivity index (χ0) is 21.3. The summed E-state index contributed by atoms with van der Waals surface area (Å²) in [5.41, 5.74) is 6.51. The van der Waals surface area contributed by atoms with Gasteiger partial charge in [0.15, 0.2) is 0 Å². The fraction of sp³-hybridized carbons (Fsp3) is 0.207. The summed E-state index contributed by atoms with van der Waals surface area (Å²) in [6.07, 6.45) is 4.87. The molecule has 0 fully saturated rings. The van der Waals surface area contributed by atoms with Crippen molar-refractivity contribution in [1.82, 2.24) is 4.98 Å². The van der Waals surface area contributed by atoms with Gasteiger partial charge in [-0.3, -0.25) is 0 Å². The van der Waals surface area contributed by atoms with Gasteiger partial charge >= 0.3 is 0 Å². The van der Waals surface area contributed by atoms with Gasteiger partial charge in [0.1, 0.15) is 5.75 Å². The Balaban J connectivity index is 1.61. The summed E-state index contributed by atoms with van der Waals surface area (Å²) in [6.45, 7) is 3.01.